The molecule has 1 atom stereocenters. The van der Waals surface area contributed by atoms with Crippen LogP contribution < -0.4 is 11.1 Å². The van der Waals surface area contributed by atoms with Gasteiger partial charge >= 0.3 is 0 Å². The van der Waals surface area contributed by atoms with Crippen molar-refractivity contribution in [1.82, 2.24) is 9.97 Å². The summed E-state index contributed by atoms with van der Waals surface area (Å²) in [6.07, 6.45) is 1.62. The van der Waals surface area contributed by atoms with Gasteiger partial charge in [0.15, 0.2) is 0 Å². The number of rotatable bonds is 3. The monoisotopic (exact) mass is 238 g/mol. The van der Waals surface area contributed by atoms with E-state index in [0.717, 1.165) is 5.76 Å². The topological polar surface area (TPSA) is 77.0 Å². The van der Waals surface area contributed by atoms with E-state index in [1.54, 1.807) is 12.3 Å². The number of aromatic nitrogens is 2. The summed E-state index contributed by atoms with van der Waals surface area (Å²) in [7, 11) is 0. The third-order valence-corrected chi connectivity index (χ3v) is 2.24. The predicted molar refractivity (Wildman–Crippen MR) is 62.2 cm³/mol. The highest BCUT2D eigenvalue weighted by molar-refractivity contribution is 6.29. The zero-order chi connectivity index (χ0) is 11.5. The van der Waals surface area contributed by atoms with Crippen LogP contribution in [0, 0.1) is 0 Å². The van der Waals surface area contributed by atoms with Gasteiger partial charge in [0.2, 0.25) is 5.95 Å². The summed E-state index contributed by atoms with van der Waals surface area (Å²) in [6.45, 7) is 1.95. The van der Waals surface area contributed by atoms with Gasteiger partial charge in [-0.2, -0.15) is 4.98 Å². The maximum atomic E-state index is 5.76. The highest BCUT2D eigenvalue weighted by Gasteiger charge is 2.09. The molecule has 2 rings (SSSR count). The summed E-state index contributed by atoms with van der Waals surface area (Å²) < 4.78 is 5.26. The molecule has 0 spiro atoms. The lowest BCUT2D eigenvalue weighted by atomic mass is 10.2. The number of hydrogen-bond donors (Lipinski definition) is 2. The van der Waals surface area contributed by atoms with Crippen LogP contribution in [0.5, 0.6) is 0 Å². The third kappa shape index (κ3) is 2.43. The minimum absolute atomic E-state index is 0.0135. The summed E-state index contributed by atoms with van der Waals surface area (Å²) in [5.41, 5.74) is 5.48. The maximum absolute atomic E-state index is 5.76. The second-order valence-electron chi connectivity index (χ2n) is 3.32. The summed E-state index contributed by atoms with van der Waals surface area (Å²) in [6, 6.07) is 5.30. The van der Waals surface area contributed by atoms with E-state index in [4.69, 9.17) is 21.8 Å². The molecular formula is C10H11ClN4O. The van der Waals surface area contributed by atoms with Crippen LogP contribution in [0.1, 0.15) is 18.7 Å². The second kappa shape index (κ2) is 4.40. The van der Waals surface area contributed by atoms with Crippen molar-refractivity contribution in [3.05, 3.63) is 35.4 Å². The number of nitrogens with two attached hydrogens (primary N) is 1. The molecule has 0 aliphatic carbocycles. The van der Waals surface area contributed by atoms with Gasteiger partial charge in [0.05, 0.1) is 12.3 Å². The van der Waals surface area contributed by atoms with Crippen molar-refractivity contribution in [3.8, 4) is 0 Å². The van der Waals surface area contributed by atoms with Crippen molar-refractivity contribution < 1.29 is 4.42 Å². The fourth-order valence-corrected chi connectivity index (χ4v) is 1.53. The molecule has 0 aliphatic rings. The number of hydrogen-bond acceptors (Lipinski definition) is 5. The van der Waals surface area contributed by atoms with Crippen molar-refractivity contribution >= 4 is 23.4 Å². The van der Waals surface area contributed by atoms with E-state index in [1.165, 1.54) is 0 Å². The van der Waals surface area contributed by atoms with Crippen molar-refractivity contribution in [1.29, 1.82) is 0 Å². The van der Waals surface area contributed by atoms with Crippen molar-refractivity contribution in [2.24, 2.45) is 0 Å². The van der Waals surface area contributed by atoms with Gasteiger partial charge in [0.1, 0.15) is 16.7 Å². The maximum Gasteiger partial charge on any atom is 0.223 e. The second-order valence-corrected chi connectivity index (χ2v) is 3.70. The van der Waals surface area contributed by atoms with E-state index >= 15 is 0 Å². The first-order chi connectivity index (χ1) is 7.65. The van der Waals surface area contributed by atoms with Gasteiger partial charge in [-0.05, 0) is 19.1 Å². The molecule has 0 fully saturated rings. The first-order valence-corrected chi connectivity index (χ1v) is 5.13. The molecule has 16 heavy (non-hydrogen) atoms. The van der Waals surface area contributed by atoms with Crippen LogP contribution in [-0.4, -0.2) is 9.97 Å². The Morgan fingerprint density at radius 2 is 2.31 bits per heavy atom. The molecule has 2 aromatic rings. The van der Waals surface area contributed by atoms with Crippen molar-refractivity contribution in [2.75, 3.05) is 11.1 Å². The van der Waals surface area contributed by atoms with E-state index in [9.17, 15) is 0 Å². The van der Waals surface area contributed by atoms with Crippen LogP contribution in [0.25, 0.3) is 0 Å². The Bertz CT molecular complexity index is 451. The lowest BCUT2D eigenvalue weighted by Gasteiger charge is -2.12. The number of halogens is 1. The molecule has 0 saturated heterocycles. The first-order valence-electron chi connectivity index (χ1n) is 4.75. The Labute approximate surface area is 97.6 Å². The van der Waals surface area contributed by atoms with Crippen molar-refractivity contribution in [2.45, 2.75) is 13.0 Å². The molecule has 2 heterocycles. The van der Waals surface area contributed by atoms with E-state index in [2.05, 4.69) is 15.3 Å². The molecule has 84 valence electrons. The van der Waals surface area contributed by atoms with Gasteiger partial charge in [0.25, 0.3) is 0 Å². The third-order valence-electron chi connectivity index (χ3n) is 2.05. The molecule has 0 saturated carbocycles. The fourth-order valence-electron chi connectivity index (χ4n) is 1.34. The van der Waals surface area contributed by atoms with Gasteiger partial charge in [-0.15, -0.1) is 0 Å². The Morgan fingerprint density at radius 1 is 1.50 bits per heavy atom. The van der Waals surface area contributed by atoms with Gasteiger partial charge < -0.3 is 15.5 Å². The Balaban J connectivity index is 2.15. The average molecular weight is 239 g/mol. The fraction of sp³-hybridized carbons (Fsp3) is 0.200. The minimum atomic E-state index is -0.0135. The van der Waals surface area contributed by atoms with Gasteiger partial charge in [-0.3, -0.25) is 0 Å². The molecule has 0 bridgehead atoms. The number of nitrogen functional groups attached to an aromatic ring is 1. The minimum Gasteiger partial charge on any atom is -0.467 e. The van der Waals surface area contributed by atoms with Gasteiger partial charge in [-0.25, -0.2) is 4.98 Å². The Morgan fingerprint density at radius 3 is 2.94 bits per heavy atom. The molecule has 1 unspecified atom stereocenters. The van der Waals surface area contributed by atoms with Gasteiger partial charge in [-0.1, -0.05) is 11.6 Å². The smallest absolute Gasteiger partial charge is 0.223 e. The van der Waals surface area contributed by atoms with Crippen LogP contribution in [0.2, 0.25) is 5.15 Å². The first kappa shape index (κ1) is 10.8. The SMILES string of the molecule is CC(Nc1cc(Cl)nc(N)n1)c1ccco1. The van der Waals surface area contributed by atoms with Crippen LogP contribution in [0.4, 0.5) is 11.8 Å². The average Bonchev–Trinajstić information content (AvgIpc) is 2.68. The van der Waals surface area contributed by atoms with Crippen LogP contribution in [0.15, 0.2) is 28.9 Å². The largest absolute Gasteiger partial charge is 0.467 e. The molecular weight excluding hydrogens is 228 g/mol. The molecule has 0 radical (unpaired) electrons. The quantitative estimate of drug-likeness (QED) is 0.804. The summed E-state index contributed by atoms with van der Waals surface area (Å²) in [5.74, 6) is 1.52. The van der Waals surface area contributed by atoms with E-state index < -0.39 is 0 Å². The lowest BCUT2D eigenvalue weighted by molar-refractivity contribution is 0.490. The summed E-state index contributed by atoms with van der Waals surface area (Å²) >= 11 is 5.76. The van der Waals surface area contributed by atoms with E-state index in [-0.39, 0.29) is 12.0 Å². The molecule has 0 aromatic carbocycles. The lowest BCUT2D eigenvalue weighted by Crippen LogP contribution is -2.08. The normalized spacial score (nSPS) is 12.4. The Kier molecular flexibility index (Phi) is 2.96. The number of nitrogens with zero attached hydrogens (tertiary/aromatic N) is 2. The molecule has 0 aliphatic heterocycles. The van der Waals surface area contributed by atoms with Crippen LogP contribution in [0.3, 0.4) is 0 Å². The van der Waals surface area contributed by atoms with E-state index in [1.807, 2.05) is 19.1 Å². The van der Waals surface area contributed by atoms with E-state index in [0.29, 0.717) is 11.0 Å². The highest BCUT2D eigenvalue weighted by atomic mass is 35.5. The zero-order valence-corrected chi connectivity index (χ0v) is 9.40. The van der Waals surface area contributed by atoms with Gasteiger partial charge in [0, 0.05) is 6.07 Å². The predicted octanol–water partition coefficient (Wildman–Crippen LogP) is 2.48. The summed E-state index contributed by atoms with van der Waals surface area (Å²) in [4.78, 5) is 7.79. The molecule has 6 heteroatoms. The molecule has 3 N–H and O–H groups in total. The molecule has 5 nitrogen and oxygen atoms in total. The van der Waals surface area contributed by atoms with Crippen molar-refractivity contribution in [3.63, 3.8) is 0 Å². The molecule has 2 aromatic heterocycles. The number of anilines is 2. The highest BCUT2D eigenvalue weighted by Crippen LogP contribution is 2.20. The standard InChI is InChI=1S/C10H11ClN4O/c1-6(7-3-2-4-16-7)13-9-5-8(11)14-10(12)15-9/h2-6H,1H3,(H3,12,13,14,15). The van der Waals surface area contributed by atoms with Crippen LogP contribution >= 0.6 is 11.6 Å². The van der Waals surface area contributed by atoms with Crippen LogP contribution in [-0.2, 0) is 0 Å². The molecule has 0 amide bonds. The summed E-state index contributed by atoms with van der Waals surface area (Å²) in [5, 5.41) is 3.42. The number of furan rings is 1. The zero-order valence-electron chi connectivity index (χ0n) is 8.64. The Hall–Kier alpha value is -1.75. The number of nitrogens with one attached hydrogen (secondary N) is 1.